The normalized spacial score (nSPS) is 13.3. The fourth-order valence-electron chi connectivity index (χ4n) is 1.97. The van der Waals surface area contributed by atoms with E-state index in [2.05, 4.69) is 17.2 Å². The van der Waals surface area contributed by atoms with Gasteiger partial charge in [0.05, 0.1) is 9.90 Å². The van der Waals surface area contributed by atoms with Gasteiger partial charge in [0.1, 0.15) is 13.2 Å². The first-order valence-corrected chi connectivity index (χ1v) is 7.76. The lowest BCUT2D eigenvalue weighted by Gasteiger charge is -2.20. The highest BCUT2D eigenvalue weighted by Crippen LogP contribution is 2.42. The Labute approximate surface area is 126 Å². The largest absolute Gasteiger partial charge is 0.486 e. The quantitative estimate of drug-likeness (QED) is 0.925. The smallest absolute Gasteiger partial charge is 0.183 e. The van der Waals surface area contributed by atoms with Crippen molar-refractivity contribution in [2.24, 2.45) is 0 Å². The molecule has 1 aliphatic rings. The molecule has 0 atom stereocenters. The Hall–Kier alpha value is -1.46. The standard InChI is InChI=1S/C14H15ClN2O2S/c1-2-3-16-14-17-8-12(20-14)9-6-10(15)13-11(7-9)18-4-5-19-13/h6-8H,2-5H2,1H3,(H,16,17). The average Bonchev–Trinajstić information content (AvgIpc) is 2.94. The summed E-state index contributed by atoms with van der Waals surface area (Å²) in [7, 11) is 0. The first-order valence-electron chi connectivity index (χ1n) is 6.57. The zero-order valence-corrected chi connectivity index (χ0v) is 12.7. The third-order valence-electron chi connectivity index (χ3n) is 2.91. The Balaban J connectivity index is 1.90. The van der Waals surface area contributed by atoms with Crippen molar-refractivity contribution in [2.45, 2.75) is 13.3 Å². The Morgan fingerprint density at radius 1 is 1.35 bits per heavy atom. The monoisotopic (exact) mass is 310 g/mol. The van der Waals surface area contributed by atoms with E-state index in [0.717, 1.165) is 28.5 Å². The van der Waals surface area contributed by atoms with Crippen LogP contribution in [0.15, 0.2) is 18.3 Å². The van der Waals surface area contributed by atoms with Gasteiger partial charge in [0.2, 0.25) is 0 Å². The minimum atomic E-state index is 0.539. The molecule has 0 bridgehead atoms. The number of anilines is 1. The molecule has 1 N–H and O–H groups in total. The summed E-state index contributed by atoms with van der Waals surface area (Å²) < 4.78 is 11.1. The van der Waals surface area contributed by atoms with E-state index in [1.807, 2.05) is 18.3 Å². The van der Waals surface area contributed by atoms with Crippen molar-refractivity contribution < 1.29 is 9.47 Å². The topological polar surface area (TPSA) is 43.4 Å². The van der Waals surface area contributed by atoms with Gasteiger partial charge < -0.3 is 14.8 Å². The van der Waals surface area contributed by atoms with E-state index < -0.39 is 0 Å². The van der Waals surface area contributed by atoms with Gasteiger partial charge in [-0.25, -0.2) is 4.98 Å². The van der Waals surface area contributed by atoms with Crippen LogP contribution in [0.4, 0.5) is 5.13 Å². The SMILES string of the molecule is CCCNc1ncc(-c2cc(Cl)c3c(c2)OCCO3)s1. The van der Waals surface area contributed by atoms with Gasteiger partial charge in [-0.15, -0.1) is 0 Å². The lowest BCUT2D eigenvalue weighted by molar-refractivity contribution is 0.172. The van der Waals surface area contributed by atoms with Gasteiger partial charge >= 0.3 is 0 Å². The molecule has 1 aromatic heterocycles. The Morgan fingerprint density at radius 2 is 2.20 bits per heavy atom. The predicted molar refractivity (Wildman–Crippen MR) is 82.3 cm³/mol. The number of aromatic nitrogens is 1. The Kier molecular flexibility index (Phi) is 3.98. The van der Waals surface area contributed by atoms with Crippen molar-refractivity contribution in [3.63, 3.8) is 0 Å². The number of ether oxygens (including phenoxy) is 2. The van der Waals surface area contributed by atoms with Crippen molar-refractivity contribution in [3.05, 3.63) is 23.4 Å². The molecule has 0 unspecified atom stereocenters. The molecule has 2 heterocycles. The number of thiazole rings is 1. The van der Waals surface area contributed by atoms with Crippen LogP contribution in [0.3, 0.4) is 0 Å². The number of hydrogen-bond acceptors (Lipinski definition) is 5. The Morgan fingerprint density at radius 3 is 3.05 bits per heavy atom. The second kappa shape index (κ2) is 5.89. The molecule has 0 amide bonds. The number of nitrogens with zero attached hydrogens (tertiary/aromatic N) is 1. The molecule has 0 spiro atoms. The van der Waals surface area contributed by atoms with Crippen molar-refractivity contribution >= 4 is 28.1 Å². The highest BCUT2D eigenvalue weighted by molar-refractivity contribution is 7.18. The summed E-state index contributed by atoms with van der Waals surface area (Å²) in [6, 6.07) is 3.85. The van der Waals surface area contributed by atoms with Gasteiger partial charge in [-0.1, -0.05) is 29.9 Å². The van der Waals surface area contributed by atoms with Crippen LogP contribution in [0.1, 0.15) is 13.3 Å². The Bertz CT molecular complexity index is 615. The van der Waals surface area contributed by atoms with E-state index in [9.17, 15) is 0 Å². The molecule has 6 heteroatoms. The second-order valence-electron chi connectivity index (χ2n) is 4.44. The molecular formula is C14H15ClN2O2S. The van der Waals surface area contributed by atoms with Crippen molar-refractivity contribution in [1.29, 1.82) is 0 Å². The molecule has 2 aromatic rings. The van der Waals surface area contributed by atoms with Gasteiger partial charge in [-0.2, -0.15) is 0 Å². The van der Waals surface area contributed by atoms with Crippen LogP contribution in [0.25, 0.3) is 10.4 Å². The third-order valence-corrected chi connectivity index (χ3v) is 4.20. The van der Waals surface area contributed by atoms with E-state index in [1.54, 1.807) is 11.3 Å². The highest BCUT2D eigenvalue weighted by atomic mass is 35.5. The zero-order chi connectivity index (χ0) is 13.9. The first-order chi connectivity index (χ1) is 9.78. The molecule has 0 aliphatic carbocycles. The summed E-state index contributed by atoms with van der Waals surface area (Å²) in [5, 5.41) is 4.78. The minimum absolute atomic E-state index is 0.539. The van der Waals surface area contributed by atoms with Crippen molar-refractivity contribution in [1.82, 2.24) is 4.98 Å². The number of nitrogens with one attached hydrogen (secondary N) is 1. The third kappa shape index (κ3) is 2.69. The molecule has 4 nitrogen and oxygen atoms in total. The molecule has 106 valence electrons. The maximum Gasteiger partial charge on any atom is 0.183 e. The molecule has 0 fully saturated rings. The van der Waals surface area contributed by atoms with Gasteiger partial charge in [0.25, 0.3) is 0 Å². The van der Waals surface area contributed by atoms with Crippen molar-refractivity contribution in [3.8, 4) is 21.9 Å². The maximum atomic E-state index is 6.25. The summed E-state index contributed by atoms with van der Waals surface area (Å²) in [6.45, 7) is 4.15. The number of fused-ring (bicyclic) bond motifs is 1. The molecule has 0 saturated heterocycles. The van der Waals surface area contributed by atoms with Gasteiger partial charge in [-0.3, -0.25) is 0 Å². The van der Waals surface area contributed by atoms with Crippen LogP contribution in [-0.4, -0.2) is 24.7 Å². The summed E-state index contributed by atoms with van der Waals surface area (Å²) >= 11 is 7.86. The van der Waals surface area contributed by atoms with E-state index in [0.29, 0.717) is 29.7 Å². The molecular weight excluding hydrogens is 296 g/mol. The first kappa shape index (κ1) is 13.5. The molecule has 1 aromatic carbocycles. The van der Waals surface area contributed by atoms with Crippen LogP contribution in [-0.2, 0) is 0 Å². The van der Waals surface area contributed by atoms with E-state index >= 15 is 0 Å². The lowest BCUT2D eigenvalue weighted by atomic mass is 10.1. The summed E-state index contributed by atoms with van der Waals surface area (Å²) in [5.41, 5.74) is 1.00. The van der Waals surface area contributed by atoms with Crippen LogP contribution in [0, 0.1) is 0 Å². The summed E-state index contributed by atoms with van der Waals surface area (Å²) in [6.07, 6.45) is 2.93. The second-order valence-corrected chi connectivity index (χ2v) is 5.88. The molecule has 1 aliphatic heterocycles. The van der Waals surface area contributed by atoms with Crippen LogP contribution in [0.5, 0.6) is 11.5 Å². The number of benzene rings is 1. The van der Waals surface area contributed by atoms with E-state index in [-0.39, 0.29) is 0 Å². The van der Waals surface area contributed by atoms with Crippen LogP contribution >= 0.6 is 22.9 Å². The molecule has 20 heavy (non-hydrogen) atoms. The minimum Gasteiger partial charge on any atom is -0.486 e. The highest BCUT2D eigenvalue weighted by Gasteiger charge is 2.18. The predicted octanol–water partition coefficient (Wildman–Crippen LogP) is 4.06. The fraction of sp³-hybridized carbons (Fsp3) is 0.357. The molecule has 0 saturated carbocycles. The number of halogens is 1. The average molecular weight is 311 g/mol. The van der Waals surface area contributed by atoms with Crippen molar-refractivity contribution in [2.75, 3.05) is 25.1 Å². The fourth-order valence-corrected chi connectivity index (χ4v) is 3.07. The number of hydrogen-bond donors (Lipinski definition) is 1. The van der Waals surface area contributed by atoms with Gasteiger partial charge in [0, 0.05) is 12.7 Å². The van der Waals surface area contributed by atoms with Crippen LogP contribution < -0.4 is 14.8 Å². The van der Waals surface area contributed by atoms with Gasteiger partial charge in [0.15, 0.2) is 16.6 Å². The maximum absolute atomic E-state index is 6.25. The molecule has 0 radical (unpaired) electrons. The lowest BCUT2D eigenvalue weighted by Crippen LogP contribution is -2.15. The van der Waals surface area contributed by atoms with E-state index in [4.69, 9.17) is 21.1 Å². The number of rotatable bonds is 4. The van der Waals surface area contributed by atoms with Gasteiger partial charge in [-0.05, 0) is 24.1 Å². The zero-order valence-electron chi connectivity index (χ0n) is 11.1. The summed E-state index contributed by atoms with van der Waals surface area (Å²) in [4.78, 5) is 5.42. The van der Waals surface area contributed by atoms with Crippen LogP contribution in [0.2, 0.25) is 5.02 Å². The molecule has 3 rings (SSSR count). The van der Waals surface area contributed by atoms with E-state index in [1.165, 1.54) is 0 Å². The summed E-state index contributed by atoms with van der Waals surface area (Å²) in [5.74, 6) is 1.34.